The van der Waals surface area contributed by atoms with E-state index in [0.29, 0.717) is 12.8 Å². The second-order valence-corrected chi connectivity index (χ2v) is 6.72. The summed E-state index contributed by atoms with van der Waals surface area (Å²) in [6, 6.07) is -0.0406. The van der Waals surface area contributed by atoms with Crippen LogP contribution in [-0.2, 0) is 14.8 Å². The molecular formula is C12H21ClN4O4S. The van der Waals surface area contributed by atoms with Gasteiger partial charge >= 0.3 is 5.97 Å². The minimum atomic E-state index is -3.84. The molecule has 4 N–H and O–H groups in total. The van der Waals surface area contributed by atoms with Crippen molar-refractivity contribution in [2.45, 2.75) is 49.7 Å². The zero-order chi connectivity index (χ0) is 15.5. The lowest BCUT2D eigenvalue weighted by atomic mass is 9.93. The first-order valence-corrected chi connectivity index (χ1v) is 8.40. The summed E-state index contributed by atoms with van der Waals surface area (Å²) >= 11 is 0. The van der Waals surface area contributed by atoms with Gasteiger partial charge < -0.3 is 10.5 Å². The molecule has 8 nitrogen and oxygen atoms in total. The lowest BCUT2D eigenvalue weighted by molar-refractivity contribution is 0.0522. The van der Waals surface area contributed by atoms with Crippen LogP contribution in [0.5, 0.6) is 0 Å². The Labute approximate surface area is 135 Å². The number of ether oxygens (including phenoxy) is 1. The SMILES string of the molecule is CCOC(=O)c1cn[nH]c1S(=O)(=O)NC1CCC(N)CC1.Cl. The van der Waals surface area contributed by atoms with Gasteiger partial charge in [-0.25, -0.2) is 17.9 Å². The van der Waals surface area contributed by atoms with E-state index in [1.807, 2.05) is 0 Å². The minimum Gasteiger partial charge on any atom is -0.462 e. The van der Waals surface area contributed by atoms with Gasteiger partial charge in [-0.15, -0.1) is 12.4 Å². The molecule has 0 saturated heterocycles. The summed E-state index contributed by atoms with van der Waals surface area (Å²) in [6.07, 6.45) is 4.08. The second kappa shape index (κ2) is 7.91. The molecule has 0 bridgehead atoms. The Balaban J connectivity index is 0.00000242. The summed E-state index contributed by atoms with van der Waals surface area (Å²) in [7, 11) is -3.84. The molecule has 0 radical (unpaired) electrons. The fraction of sp³-hybridized carbons (Fsp3) is 0.667. The molecule has 1 fully saturated rings. The van der Waals surface area contributed by atoms with Gasteiger partial charge in [-0.05, 0) is 32.6 Å². The molecule has 0 atom stereocenters. The minimum absolute atomic E-state index is 0. The Kier molecular flexibility index (Phi) is 6.79. The number of esters is 1. The molecule has 2 rings (SSSR count). The Morgan fingerprint density at radius 3 is 2.68 bits per heavy atom. The van der Waals surface area contributed by atoms with Gasteiger partial charge in [-0.1, -0.05) is 0 Å². The zero-order valence-corrected chi connectivity index (χ0v) is 13.9. The van der Waals surface area contributed by atoms with Crippen LogP contribution >= 0.6 is 12.4 Å². The molecule has 1 aromatic rings. The lowest BCUT2D eigenvalue weighted by Crippen LogP contribution is -2.40. The van der Waals surface area contributed by atoms with E-state index in [2.05, 4.69) is 14.9 Å². The number of aromatic nitrogens is 2. The van der Waals surface area contributed by atoms with Crippen LogP contribution in [0, 0.1) is 0 Å². The number of nitrogens with two attached hydrogens (primary N) is 1. The van der Waals surface area contributed by atoms with Crippen LogP contribution in [0.15, 0.2) is 11.2 Å². The maximum absolute atomic E-state index is 12.4. The average molecular weight is 353 g/mol. The predicted octanol–water partition coefficient (Wildman–Crippen LogP) is 0.556. The Morgan fingerprint density at radius 1 is 1.45 bits per heavy atom. The van der Waals surface area contributed by atoms with E-state index < -0.39 is 16.0 Å². The van der Waals surface area contributed by atoms with Crippen molar-refractivity contribution < 1.29 is 17.9 Å². The molecule has 0 aromatic carbocycles. The van der Waals surface area contributed by atoms with Gasteiger partial charge in [0, 0.05) is 12.1 Å². The van der Waals surface area contributed by atoms with E-state index in [4.69, 9.17) is 10.5 Å². The van der Waals surface area contributed by atoms with E-state index >= 15 is 0 Å². The molecule has 126 valence electrons. The topological polar surface area (TPSA) is 127 Å². The summed E-state index contributed by atoms with van der Waals surface area (Å²) in [5.74, 6) is -0.711. The van der Waals surface area contributed by atoms with Crippen molar-refractivity contribution in [2.75, 3.05) is 6.61 Å². The van der Waals surface area contributed by atoms with Gasteiger partial charge in [0.1, 0.15) is 5.56 Å². The third kappa shape index (κ3) is 4.42. The summed E-state index contributed by atoms with van der Waals surface area (Å²) in [4.78, 5) is 11.7. The van der Waals surface area contributed by atoms with E-state index in [0.717, 1.165) is 19.0 Å². The number of hydrogen-bond acceptors (Lipinski definition) is 6. The van der Waals surface area contributed by atoms with Crippen LogP contribution in [0.1, 0.15) is 43.0 Å². The summed E-state index contributed by atoms with van der Waals surface area (Å²) < 4.78 is 32.1. The third-order valence-corrected chi connectivity index (χ3v) is 4.95. The van der Waals surface area contributed by atoms with Crippen LogP contribution in [0.4, 0.5) is 0 Å². The molecule has 1 saturated carbocycles. The number of H-pyrrole nitrogens is 1. The maximum atomic E-state index is 12.4. The smallest absolute Gasteiger partial charge is 0.342 e. The highest BCUT2D eigenvalue weighted by atomic mass is 35.5. The summed E-state index contributed by atoms with van der Waals surface area (Å²) in [5.41, 5.74) is 5.71. The molecule has 1 heterocycles. The summed E-state index contributed by atoms with van der Waals surface area (Å²) in [6.45, 7) is 1.81. The number of carbonyl (C=O) groups is 1. The van der Waals surface area contributed by atoms with Gasteiger partial charge in [0.2, 0.25) is 0 Å². The third-order valence-electron chi connectivity index (χ3n) is 3.46. The number of sulfonamides is 1. The van der Waals surface area contributed by atoms with Crippen LogP contribution in [0.25, 0.3) is 0 Å². The number of nitrogens with one attached hydrogen (secondary N) is 2. The number of carbonyl (C=O) groups excluding carboxylic acids is 1. The summed E-state index contributed by atoms with van der Waals surface area (Å²) in [5, 5.41) is 5.74. The van der Waals surface area contributed by atoms with Crippen LogP contribution in [-0.4, -0.2) is 43.3 Å². The predicted molar refractivity (Wildman–Crippen MR) is 82.3 cm³/mol. The lowest BCUT2D eigenvalue weighted by Gasteiger charge is -2.26. The number of hydrogen-bond donors (Lipinski definition) is 3. The maximum Gasteiger partial charge on any atom is 0.342 e. The fourth-order valence-corrected chi connectivity index (χ4v) is 3.74. The highest BCUT2D eigenvalue weighted by Gasteiger charge is 2.29. The first kappa shape index (κ1) is 18.9. The largest absolute Gasteiger partial charge is 0.462 e. The van der Waals surface area contributed by atoms with E-state index in [-0.39, 0.29) is 41.7 Å². The first-order valence-electron chi connectivity index (χ1n) is 6.92. The van der Waals surface area contributed by atoms with Crippen molar-refractivity contribution >= 4 is 28.4 Å². The van der Waals surface area contributed by atoms with Gasteiger partial charge in [0.15, 0.2) is 5.03 Å². The van der Waals surface area contributed by atoms with Crippen LogP contribution in [0.2, 0.25) is 0 Å². The second-order valence-electron chi connectivity index (χ2n) is 5.07. The molecule has 1 aliphatic carbocycles. The van der Waals surface area contributed by atoms with Gasteiger partial charge in [-0.2, -0.15) is 5.10 Å². The van der Waals surface area contributed by atoms with Gasteiger partial charge in [0.05, 0.1) is 12.8 Å². The zero-order valence-electron chi connectivity index (χ0n) is 12.2. The monoisotopic (exact) mass is 352 g/mol. The molecule has 1 aromatic heterocycles. The van der Waals surface area contributed by atoms with Gasteiger partial charge in [-0.3, -0.25) is 5.10 Å². The molecule has 0 aliphatic heterocycles. The Bertz CT molecular complexity index is 596. The van der Waals surface area contributed by atoms with E-state index in [1.165, 1.54) is 0 Å². The highest BCUT2D eigenvalue weighted by Crippen LogP contribution is 2.20. The van der Waals surface area contributed by atoms with Crippen molar-refractivity contribution in [1.82, 2.24) is 14.9 Å². The molecule has 22 heavy (non-hydrogen) atoms. The number of halogens is 1. The number of rotatable bonds is 5. The normalized spacial score (nSPS) is 21.9. The number of nitrogens with zero attached hydrogens (tertiary/aromatic N) is 1. The van der Waals surface area contributed by atoms with Crippen molar-refractivity contribution in [3.63, 3.8) is 0 Å². The van der Waals surface area contributed by atoms with Crippen molar-refractivity contribution in [3.8, 4) is 0 Å². The quantitative estimate of drug-likeness (QED) is 0.664. The van der Waals surface area contributed by atoms with E-state index in [1.54, 1.807) is 6.92 Å². The van der Waals surface area contributed by atoms with E-state index in [9.17, 15) is 13.2 Å². The average Bonchev–Trinajstić information content (AvgIpc) is 2.92. The van der Waals surface area contributed by atoms with Crippen LogP contribution < -0.4 is 10.5 Å². The molecular weight excluding hydrogens is 332 g/mol. The standard InChI is InChI=1S/C12H20N4O4S.ClH/c1-2-20-12(17)10-7-14-15-11(10)21(18,19)16-9-5-3-8(13)4-6-9;/h7-9,16H,2-6,13H2,1H3,(H,14,15);1H. The Morgan fingerprint density at radius 2 is 2.09 bits per heavy atom. The molecule has 0 spiro atoms. The van der Waals surface area contributed by atoms with Gasteiger partial charge in [0.25, 0.3) is 10.0 Å². The van der Waals surface area contributed by atoms with Crippen molar-refractivity contribution in [2.24, 2.45) is 5.73 Å². The Hall–Kier alpha value is -1.16. The van der Waals surface area contributed by atoms with Crippen molar-refractivity contribution in [1.29, 1.82) is 0 Å². The van der Waals surface area contributed by atoms with Crippen LogP contribution in [0.3, 0.4) is 0 Å². The molecule has 10 heteroatoms. The first-order chi connectivity index (χ1) is 9.94. The molecule has 0 amide bonds. The fourth-order valence-electron chi connectivity index (χ4n) is 2.35. The molecule has 1 aliphatic rings. The van der Waals surface area contributed by atoms with Crippen molar-refractivity contribution in [3.05, 3.63) is 11.8 Å². The molecule has 0 unspecified atom stereocenters. The highest BCUT2D eigenvalue weighted by molar-refractivity contribution is 7.89. The number of aromatic amines is 1.